The first-order valence-corrected chi connectivity index (χ1v) is 10.7. The Morgan fingerprint density at radius 3 is 2.48 bits per heavy atom. The molecule has 0 spiro atoms. The van der Waals surface area contributed by atoms with E-state index in [1.807, 2.05) is 22.8 Å². The first kappa shape index (κ1) is 20.0. The number of benzene rings is 1. The van der Waals surface area contributed by atoms with E-state index in [-0.39, 0.29) is 5.60 Å². The molecule has 0 radical (unpaired) electrons. The van der Waals surface area contributed by atoms with Crippen LogP contribution in [0.3, 0.4) is 0 Å². The maximum atomic E-state index is 5.91. The molecular weight excluding hydrogens is 396 g/mol. The molecule has 2 fully saturated rings. The topological polar surface area (TPSA) is 77.8 Å². The molecule has 0 N–H and O–H groups in total. The summed E-state index contributed by atoms with van der Waals surface area (Å²) in [4.78, 5) is 19.0. The summed E-state index contributed by atoms with van der Waals surface area (Å²) in [6, 6.07) is 7.95. The molecule has 9 nitrogen and oxygen atoms in total. The predicted molar refractivity (Wildman–Crippen MR) is 118 cm³/mol. The van der Waals surface area contributed by atoms with Crippen LogP contribution in [-0.2, 0) is 9.47 Å². The van der Waals surface area contributed by atoms with E-state index in [0.29, 0.717) is 25.8 Å². The van der Waals surface area contributed by atoms with Crippen LogP contribution in [0, 0.1) is 0 Å². The van der Waals surface area contributed by atoms with Gasteiger partial charge in [0.1, 0.15) is 29.2 Å². The van der Waals surface area contributed by atoms with E-state index in [1.54, 1.807) is 13.4 Å². The molecule has 2 aromatic heterocycles. The van der Waals surface area contributed by atoms with Gasteiger partial charge in [-0.3, -0.25) is 4.57 Å². The third-order valence-corrected chi connectivity index (χ3v) is 5.75. The van der Waals surface area contributed by atoms with Crippen molar-refractivity contribution in [3.63, 3.8) is 0 Å². The smallest absolute Gasteiger partial charge is 0.239 e. The van der Waals surface area contributed by atoms with Crippen LogP contribution in [0.2, 0.25) is 0 Å². The van der Waals surface area contributed by atoms with Crippen molar-refractivity contribution >= 4 is 22.7 Å². The zero-order valence-electron chi connectivity index (χ0n) is 18.2. The lowest BCUT2D eigenvalue weighted by atomic mass is 10.1. The van der Waals surface area contributed by atoms with Crippen LogP contribution < -0.4 is 14.5 Å². The highest BCUT2D eigenvalue weighted by Gasteiger charge is 2.29. The maximum Gasteiger partial charge on any atom is 0.239 e. The molecule has 0 saturated carbocycles. The minimum Gasteiger partial charge on any atom is -0.494 e. The number of ether oxygens (including phenoxy) is 3. The molecule has 2 aliphatic rings. The van der Waals surface area contributed by atoms with Crippen molar-refractivity contribution in [2.24, 2.45) is 0 Å². The van der Waals surface area contributed by atoms with Gasteiger partial charge in [-0.05, 0) is 26.0 Å². The Morgan fingerprint density at radius 1 is 1.00 bits per heavy atom. The molecule has 9 heteroatoms. The zero-order valence-corrected chi connectivity index (χ0v) is 18.2. The van der Waals surface area contributed by atoms with Crippen molar-refractivity contribution in [2.75, 3.05) is 62.9 Å². The standard InChI is InChI=1S/C22H28N6O3/c1-22(2)14-27(9-12-31-22)19-13-18(26-7-10-30-11-8-26)24-21(25-19)28-15-23-20-16(28)5-4-6-17(20)29-3/h4-6,13,15H,7-12,14H2,1-3H3. The fraction of sp³-hybridized carbons (Fsp3) is 0.500. The minimum atomic E-state index is -0.225. The summed E-state index contributed by atoms with van der Waals surface area (Å²) < 4.78 is 18.9. The third-order valence-electron chi connectivity index (χ3n) is 5.75. The molecule has 164 valence electrons. The SMILES string of the molecule is COc1cccc2c1ncn2-c1nc(N2CCOCC2)cc(N2CCOC(C)(C)C2)n1. The van der Waals surface area contributed by atoms with Gasteiger partial charge >= 0.3 is 0 Å². The van der Waals surface area contributed by atoms with Crippen molar-refractivity contribution in [3.8, 4) is 11.7 Å². The molecule has 0 aliphatic carbocycles. The van der Waals surface area contributed by atoms with Crippen molar-refractivity contribution in [3.05, 3.63) is 30.6 Å². The number of morpholine rings is 2. The molecular formula is C22H28N6O3. The lowest BCUT2D eigenvalue weighted by Crippen LogP contribution is -2.48. The number of para-hydroxylation sites is 1. The van der Waals surface area contributed by atoms with Gasteiger partial charge in [0, 0.05) is 32.2 Å². The van der Waals surface area contributed by atoms with Crippen LogP contribution in [0.5, 0.6) is 5.75 Å². The van der Waals surface area contributed by atoms with Crippen molar-refractivity contribution < 1.29 is 14.2 Å². The summed E-state index contributed by atoms with van der Waals surface area (Å²) >= 11 is 0. The van der Waals surface area contributed by atoms with Gasteiger partial charge in [-0.2, -0.15) is 9.97 Å². The summed E-state index contributed by atoms with van der Waals surface area (Å²) in [5.41, 5.74) is 1.48. The molecule has 0 bridgehead atoms. The van der Waals surface area contributed by atoms with Crippen LogP contribution in [0.25, 0.3) is 17.0 Å². The summed E-state index contributed by atoms with van der Waals surface area (Å²) in [6.07, 6.45) is 1.76. The fourth-order valence-electron chi connectivity index (χ4n) is 4.18. The summed E-state index contributed by atoms with van der Waals surface area (Å²) in [5.74, 6) is 3.12. The second-order valence-electron chi connectivity index (χ2n) is 8.46. The number of hydrogen-bond donors (Lipinski definition) is 0. The van der Waals surface area contributed by atoms with E-state index >= 15 is 0 Å². The quantitative estimate of drug-likeness (QED) is 0.631. The molecule has 0 unspecified atom stereocenters. The van der Waals surface area contributed by atoms with Crippen molar-refractivity contribution in [1.82, 2.24) is 19.5 Å². The van der Waals surface area contributed by atoms with Gasteiger partial charge in [-0.25, -0.2) is 4.98 Å². The Bertz CT molecular complexity index is 1080. The van der Waals surface area contributed by atoms with Crippen LogP contribution in [0.1, 0.15) is 13.8 Å². The van der Waals surface area contributed by atoms with Crippen molar-refractivity contribution in [1.29, 1.82) is 0 Å². The first-order valence-electron chi connectivity index (χ1n) is 10.7. The molecule has 1 aromatic carbocycles. The number of aromatic nitrogens is 4. The molecule has 31 heavy (non-hydrogen) atoms. The number of imidazole rings is 1. The van der Waals surface area contributed by atoms with Crippen LogP contribution in [-0.4, -0.2) is 78.2 Å². The number of rotatable bonds is 4. The fourth-order valence-corrected chi connectivity index (χ4v) is 4.18. The third kappa shape index (κ3) is 3.90. The number of hydrogen-bond acceptors (Lipinski definition) is 8. The molecule has 3 aromatic rings. The van der Waals surface area contributed by atoms with E-state index < -0.39 is 0 Å². The van der Waals surface area contributed by atoms with E-state index in [0.717, 1.165) is 54.6 Å². The van der Waals surface area contributed by atoms with Crippen LogP contribution in [0.15, 0.2) is 30.6 Å². The van der Waals surface area contributed by atoms with Gasteiger partial charge in [0.05, 0.1) is 38.0 Å². The summed E-state index contributed by atoms with van der Waals surface area (Å²) in [7, 11) is 1.65. The highest BCUT2D eigenvalue weighted by atomic mass is 16.5. The summed E-state index contributed by atoms with van der Waals surface area (Å²) in [6.45, 7) is 9.47. The van der Waals surface area contributed by atoms with Crippen molar-refractivity contribution in [2.45, 2.75) is 19.4 Å². The first-order chi connectivity index (χ1) is 15.0. The second-order valence-corrected chi connectivity index (χ2v) is 8.46. The van der Waals surface area contributed by atoms with Gasteiger partial charge < -0.3 is 24.0 Å². The highest BCUT2D eigenvalue weighted by Crippen LogP contribution is 2.29. The number of nitrogens with zero attached hydrogens (tertiary/aromatic N) is 6. The van der Waals surface area contributed by atoms with E-state index in [1.165, 1.54) is 0 Å². The minimum absolute atomic E-state index is 0.225. The highest BCUT2D eigenvalue weighted by molar-refractivity contribution is 5.83. The zero-order chi connectivity index (χ0) is 21.4. The van der Waals surface area contributed by atoms with Gasteiger partial charge in [-0.15, -0.1) is 0 Å². The maximum absolute atomic E-state index is 5.91. The van der Waals surface area contributed by atoms with Gasteiger partial charge in [0.15, 0.2) is 0 Å². The predicted octanol–water partition coefficient (Wildman–Crippen LogP) is 2.28. The lowest BCUT2D eigenvalue weighted by molar-refractivity contribution is -0.0279. The van der Waals surface area contributed by atoms with E-state index in [9.17, 15) is 0 Å². The average Bonchev–Trinajstić information content (AvgIpc) is 3.23. The van der Waals surface area contributed by atoms with E-state index in [4.69, 9.17) is 24.2 Å². The van der Waals surface area contributed by atoms with Gasteiger partial charge in [0.2, 0.25) is 5.95 Å². The second kappa shape index (κ2) is 7.97. The Kier molecular flexibility index (Phi) is 5.15. The molecule has 4 heterocycles. The van der Waals surface area contributed by atoms with Crippen LogP contribution in [0.4, 0.5) is 11.6 Å². The Labute approximate surface area is 181 Å². The normalized spacial score (nSPS) is 19.1. The monoisotopic (exact) mass is 424 g/mol. The van der Waals surface area contributed by atoms with Gasteiger partial charge in [0.25, 0.3) is 0 Å². The molecule has 5 rings (SSSR count). The Hall–Kier alpha value is -2.91. The van der Waals surface area contributed by atoms with Crippen LogP contribution >= 0.6 is 0 Å². The Morgan fingerprint density at radius 2 is 1.74 bits per heavy atom. The van der Waals surface area contributed by atoms with E-state index in [2.05, 4.69) is 34.7 Å². The molecule has 2 saturated heterocycles. The average molecular weight is 425 g/mol. The summed E-state index contributed by atoms with van der Waals surface area (Å²) in [5, 5.41) is 0. The molecule has 0 amide bonds. The molecule has 0 atom stereocenters. The Balaban J connectivity index is 1.61. The molecule has 2 aliphatic heterocycles. The number of fused-ring (bicyclic) bond motifs is 1. The lowest BCUT2D eigenvalue weighted by Gasteiger charge is -2.39. The number of anilines is 2. The largest absolute Gasteiger partial charge is 0.494 e. The number of methoxy groups -OCH3 is 1. The van der Waals surface area contributed by atoms with Gasteiger partial charge in [-0.1, -0.05) is 6.07 Å².